The zero-order chi connectivity index (χ0) is 22.3. The van der Waals surface area contributed by atoms with Gasteiger partial charge in [-0.2, -0.15) is 0 Å². The SMILES string of the molecule is O=C(N[C@H](Cc1ccccc1)C(=O)NCc1ccc(N2CCCC2=O)cc1)c1ccco1. The second kappa shape index (κ2) is 9.96. The molecule has 0 saturated carbocycles. The summed E-state index contributed by atoms with van der Waals surface area (Å²) < 4.78 is 5.14. The molecular weight excluding hydrogens is 406 g/mol. The topological polar surface area (TPSA) is 91.7 Å². The fourth-order valence-corrected chi connectivity index (χ4v) is 3.72. The monoisotopic (exact) mass is 431 g/mol. The fourth-order valence-electron chi connectivity index (χ4n) is 3.72. The number of furan rings is 1. The summed E-state index contributed by atoms with van der Waals surface area (Å²) in [7, 11) is 0. The molecule has 3 amide bonds. The van der Waals surface area contributed by atoms with E-state index in [4.69, 9.17) is 4.42 Å². The minimum absolute atomic E-state index is 0.141. The quantitative estimate of drug-likeness (QED) is 0.573. The molecule has 7 nitrogen and oxygen atoms in total. The lowest BCUT2D eigenvalue weighted by Crippen LogP contribution is -2.47. The van der Waals surface area contributed by atoms with Crippen molar-refractivity contribution in [3.8, 4) is 0 Å². The summed E-state index contributed by atoms with van der Waals surface area (Å²) in [6.45, 7) is 1.06. The van der Waals surface area contributed by atoms with Gasteiger partial charge < -0.3 is 20.0 Å². The van der Waals surface area contributed by atoms with Gasteiger partial charge >= 0.3 is 0 Å². The van der Waals surface area contributed by atoms with Gasteiger partial charge in [-0.15, -0.1) is 0 Å². The third kappa shape index (κ3) is 5.24. The van der Waals surface area contributed by atoms with Crippen molar-refractivity contribution in [2.75, 3.05) is 11.4 Å². The van der Waals surface area contributed by atoms with Gasteiger partial charge in [-0.25, -0.2) is 0 Å². The number of nitrogens with one attached hydrogen (secondary N) is 2. The Morgan fingerprint density at radius 2 is 1.75 bits per heavy atom. The van der Waals surface area contributed by atoms with Crippen LogP contribution in [0.25, 0.3) is 0 Å². The van der Waals surface area contributed by atoms with E-state index < -0.39 is 11.9 Å². The van der Waals surface area contributed by atoms with Crippen molar-refractivity contribution < 1.29 is 18.8 Å². The summed E-state index contributed by atoms with van der Waals surface area (Å²) in [5.74, 6) is -0.428. The van der Waals surface area contributed by atoms with Gasteiger partial charge in [0.15, 0.2) is 5.76 Å². The van der Waals surface area contributed by atoms with Gasteiger partial charge in [0.1, 0.15) is 6.04 Å². The number of anilines is 1. The minimum Gasteiger partial charge on any atom is -0.459 e. The van der Waals surface area contributed by atoms with Crippen molar-refractivity contribution in [2.45, 2.75) is 31.8 Å². The molecule has 1 atom stereocenters. The van der Waals surface area contributed by atoms with E-state index in [0.717, 1.165) is 29.8 Å². The Labute approximate surface area is 186 Å². The molecule has 0 bridgehead atoms. The average Bonchev–Trinajstić information content (AvgIpc) is 3.50. The maximum absolute atomic E-state index is 12.9. The van der Waals surface area contributed by atoms with Gasteiger partial charge in [-0.1, -0.05) is 42.5 Å². The van der Waals surface area contributed by atoms with Crippen LogP contribution in [0.4, 0.5) is 5.69 Å². The van der Waals surface area contributed by atoms with Crippen LogP contribution in [-0.4, -0.2) is 30.3 Å². The summed E-state index contributed by atoms with van der Waals surface area (Å²) in [5, 5.41) is 5.67. The van der Waals surface area contributed by atoms with Crippen LogP contribution in [0.5, 0.6) is 0 Å². The molecule has 2 aromatic carbocycles. The highest BCUT2D eigenvalue weighted by Gasteiger charge is 2.23. The van der Waals surface area contributed by atoms with Crippen LogP contribution < -0.4 is 15.5 Å². The van der Waals surface area contributed by atoms with Crippen LogP contribution in [-0.2, 0) is 22.6 Å². The van der Waals surface area contributed by atoms with Crippen LogP contribution in [0.15, 0.2) is 77.4 Å². The van der Waals surface area contributed by atoms with Crippen molar-refractivity contribution in [2.24, 2.45) is 0 Å². The minimum atomic E-state index is -0.753. The molecule has 1 aliphatic rings. The number of carbonyl (C=O) groups excluding carboxylic acids is 3. The number of carbonyl (C=O) groups is 3. The first kappa shape index (κ1) is 21.4. The predicted molar refractivity (Wildman–Crippen MR) is 120 cm³/mol. The molecule has 2 N–H and O–H groups in total. The Bertz CT molecular complexity index is 1060. The van der Waals surface area contributed by atoms with E-state index in [0.29, 0.717) is 19.4 Å². The Balaban J connectivity index is 1.40. The van der Waals surface area contributed by atoms with Gasteiger partial charge in [-0.05, 0) is 41.8 Å². The molecule has 2 heterocycles. The van der Waals surface area contributed by atoms with E-state index in [2.05, 4.69) is 10.6 Å². The smallest absolute Gasteiger partial charge is 0.287 e. The van der Waals surface area contributed by atoms with Gasteiger partial charge in [0, 0.05) is 31.6 Å². The summed E-state index contributed by atoms with van der Waals surface area (Å²) in [4.78, 5) is 39.1. The Hall–Kier alpha value is -3.87. The maximum Gasteiger partial charge on any atom is 0.287 e. The first-order valence-electron chi connectivity index (χ1n) is 10.7. The van der Waals surface area contributed by atoms with Crippen LogP contribution in [0.3, 0.4) is 0 Å². The molecule has 1 aliphatic heterocycles. The van der Waals surface area contributed by atoms with E-state index in [-0.39, 0.29) is 17.6 Å². The highest BCUT2D eigenvalue weighted by molar-refractivity contribution is 5.96. The lowest BCUT2D eigenvalue weighted by Gasteiger charge is -2.19. The maximum atomic E-state index is 12.9. The summed E-state index contributed by atoms with van der Waals surface area (Å²) in [6.07, 6.45) is 3.24. The largest absolute Gasteiger partial charge is 0.459 e. The second-order valence-corrected chi connectivity index (χ2v) is 7.73. The van der Waals surface area contributed by atoms with Crippen LogP contribution in [0, 0.1) is 0 Å². The zero-order valence-electron chi connectivity index (χ0n) is 17.6. The number of hydrogen-bond acceptors (Lipinski definition) is 4. The number of rotatable bonds is 8. The second-order valence-electron chi connectivity index (χ2n) is 7.73. The lowest BCUT2D eigenvalue weighted by atomic mass is 10.0. The summed E-state index contributed by atoms with van der Waals surface area (Å²) >= 11 is 0. The molecule has 0 aliphatic carbocycles. The van der Waals surface area contributed by atoms with Gasteiger partial charge in [0.2, 0.25) is 11.8 Å². The molecule has 0 radical (unpaired) electrons. The number of benzene rings is 2. The molecule has 1 fully saturated rings. The lowest BCUT2D eigenvalue weighted by molar-refractivity contribution is -0.123. The van der Waals surface area contributed by atoms with Gasteiger partial charge in [0.25, 0.3) is 5.91 Å². The highest BCUT2D eigenvalue weighted by Crippen LogP contribution is 2.21. The molecule has 1 saturated heterocycles. The molecule has 7 heteroatoms. The molecule has 32 heavy (non-hydrogen) atoms. The molecule has 164 valence electrons. The number of amides is 3. The van der Waals surface area contributed by atoms with Gasteiger partial charge in [-0.3, -0.25) is 14.4 Å². The van der Waals surface area contributed by atoms with E-state index in [1.54, 1.807) is 17.0 Å². The zero-order valence-corrected chi connectivity index (χ0v) is 17.6. The number of nitrogens with zero attached hydrogens (tertiary/aromatic N) is 1. The van der Waals surface area contributed by atoms with E-state index >= 15 is 0 Å². The Kier molecular flexibility index (Phi) is 6.65. The molecule has 0 unspecified atom stereocenters. The third-order valence-electron chi connectivity index (χ3n) is 5.44. The van der Waals surface area contributed by atoms with Crippen LogP contribution >= 0.6 is 0 Å². The standard InChI is InChI=1S/C25H25N3O4/c29-23-9-4-14-28(23)20-12-10-19(11-13-20)17-26-24(30)21(16-18-6-2-1-3-7-18)27-25(31)22-8-5-15-32-22/h1-3,5-8,10-13,15,21H,4,9,14,16-17H2,(H,26,30)(H,27,31)/t21-/m1/s1. The third-order valence-corrected chi connectivity index (χ3v) is 5.44. The molecular formula is C25H25N3O4. The fraction of sp³-hybridized carbons (Fsp3) is 0.240. The Morgan fingerprint density at radius 3 is 2.41 bits per heavy atom. The van der Waals surface area contributed by atoms with Crippen LogP contribution in [0.2, 0.25) is 0 Å². The Morgan fingerprint density at radius 1 is 0.969 bits per heavy atom. The first-order valence-corrected chi connectivity index (χ1v) is 10.7. The van der Waals surface area contributed by atoms with Gasteiger partial charge in [0.05, 0.1) is 6.26 Å². The normalized spacial score (nSPS) is 14.2. The van der Waals surface area contributed by atoms with Crippen molar-refractivity contribution in [3.05, 3.63) is 89.9 Å². The van der Waals surface area contributed by atoms with Crippen molar-refractivity contribution in [1.29, 1.82) is 0 Å². The first-order chi connectivity index (χ1) is 15.6. The molecule has 1 aromatic heterocycles. The predicted octanol–water partition coefficient (Wildman–Crippen LogP) is 3.06. The highest BCUT2D eigenvalue weighted by atomic mass is 16.3. The molecule has 0 spiro atoms. The molecule has 4 rings (SSSR count). The van der Waals surface area contributed by atoms with Crippen molar-refractivity contribution >= 4 is 23.4 Å². The van der Waals surface area contributed by atoms with E-state index in [1.807, 2.05) is 54.6 Å². The van der Waals surface area contributed by atoms with Crippen molar-refractivity contribution in [3.63, 3.8) is 0 Å². The molecule has 3 aromatic rings. The average molecular weight is 431 g/mol. The van der Waals surface area contributed by atoms with Crippen LogP contribution in [0.1, 0.15) is 34.5 Å². The number of hydrogen-bond donors (Lipinski definition) is 2. The summed E-state index contributed by atoms with van der Waals surface area (Å²) in [5.41, 5.74) is 2.71. The van der Waals surface area contributed by atoms with E-state index in [1.165, 1.54) is 6.26 Å². The van der Waals surface area contributed by atoms with Crippen molar-refractivity contribution in [1.82, 2.24) is 10.6 Å². The van der Waals surface area contributed by atoms with E-state index in [9.17, 15) is 14.4 Å². The summed E-state index contributed by atoms with van der Waals surface area (Å²) in [6, 6.07) is 19.5.